The van der Waals surface area contributed by atoms with Crippen LogP contribution in [0.5, 0.6) is 0 Å². The van der Waals surface area contributed by atoms with E-state index in [0.29, 0.717) is 11.8 Å². The summed E-state index contributed by atoms with van der Waals surface area (Å²) < 4.78 is 0. The maximum Gasteiger partial charge on any atom is 0.185 e. The topological polar surface area (TPSA) is 17.1 Å². The molecular weight excluding hydrogens is 264 g/mol. The van der Waals surface area contributed by atoms with Crippen LogP contribution < -0.4 is 0 Å². The summed E-state index contributed by atoms with van der Waals surface area (Å²) in [5.74, 6) is 1.92. The molecule has 0 heterocycles. The van der Waals surface area contributed by atoms with E-state index in [0.717, 1.165) is 12.2 Å². The van der Waals surface area contributed by atoms with Crippen molar-refractivity contribution in [3.63, 3.8) is 0 Å². The first-order valence-corrected chi connectivity index (χ1v) is 8.34. The number of rotatable bonds is 6. The third-order valence-corrected chi connectivity index (χ3v) is 4.14. The zero-order valence-corrected chi connectivity index (χ0v) is 14.1. The van der Waals surface area contributed by atoms with E-state index in [4.69, 9.17) is 0 Å². The molecule has 20 heavy (non-hydrogen) atoms. The van der Waals surface area contributed by atoms with Crippen LogP contribution in [0.15, 0.2) is 24.3 Å². The van der Waals surface area contributed by atoms with E-state index < -0.39 is 0 Å². The highest BCUT2D eigenvalue weighted by atomic mass is 32.2. The molecule has 110 valence electrons. The van der Waals surface area contributed by atoms with Crippen LogP contribution >= 0.6 is 11.8 Å². The molecule has 0 aliphatic carbocycles. The SMILES string of the molecule is CC(=O)SCCC=Cc1c(C(C)C)cccc1C(C)C. The van der Waals surface area contributed by atoms with Crippen molar-refractivity contribution in [2.24, 2.45) is 0 Å². The summed E-state index contributed by atoms with van der Waals surface area (Å²) in [6.45, 7) is 10.6. The molecule has 1 nitrogen and oxygen atoms in total. The fraction of sp³-hybridized carbons (Fsp3) is 0.500. The lowest BCUT2D eigenvalue weighted by Gasteiger charge is -2.17. The van der Waals surface area contributed by atoms with E-state index >= 15 is 0 Å². The number of carbonyl (C=O) groups is 1. The molecule has 0 spiro atoms. The smallest absolute Gasteiger partial charge is 0.185 e. The number of carbonyl (C=O) groups excluding carboxylic acids is 1. The van der Waals surface area contributed by atoms with Crippen LogP contribution in [0.25, 0.3) is 6.08 Å². The molecule has 0 saturated carbocycles. The standard InChI is InChI=1S/C18H26OS/c1-13(2)16-10-8-11-17(14(3)4)18(16)9-6-7-12-20-15(5)19/h6,8-11,13-14H,7,12H2,1-5H3. The van der Waals surface area contributed by atoms with E-state index in [1.165, 1.54) is 28.5 Å². The van der Waals surface area contributed by atoms with Crippen molar-refractivity contribution in [3.05, 3.63) is 41.0 Å². The highest BCUT2D eigenvalue weighted by molar-refractivity contribution is 8.13. The molecular formula is C18H26OS. The normalized spacial score (nSPS) is 11.8. The van der Waals surface area contributed by atoms with Gasteiger partial charge in [0.25, 0.3) is 0 Å². The Balaban J connectivity index is 2.90. The van der Waals surface area contributed by atoms with Gasteiger partial charge in [-0.15, -0.1) is 0 Å². The van der Waals surface area contributed by atoms with Gasteiger partial charge >= 0.3 is 0 Å². The summed E-state index contributed by atoms with van der Waals surface area (Å²) in [5.41, 5.74) is 4.18. The average molecular weight is 290 g/mol. The minimum Gasteiger partial charge on any atom is -0.288 e. The molecule has 1 aromatic rings. The molecule has 0 bridgehead atoms. The quantitative estimate of drug-likeness (QED) is 0.633. The lowest BCUT2D eigenvalue weighted by atomic mass is 9.88. The highest BCUT2D eigenvalue weighted by Crippen LogP contribution is 2.28. The Bertz CT molecular complexity index is 446. The van der Waals surface area contributed by atoms with Gasteiger partial charge in [0.2, 0.25) is 0 Å². The number of thioether (sulfide) groups is 1. The van der Waals surface area contributed by atoms with Gasteiger partial charge in [0.15, 0.2) is 5.12 Å². The zero-order valence-electron chi connectivity index (χ0n) is 13.3. The molecule has 1 aromatic carbocycles. The van der Waals surface area contributed by atoms with E-state index in [1.807, 2.05) is 0 Å². The zero-order chi connectivity index (χ0) is 15.1. The van der Waals surface area contributed by atoms with Crippen LogP contribution in [-0.4, -0.2) is 10.9 Å². The maximum atomic E-state index is 10.9. The van der Waals surface area contributed by atoms with Crippen LogP contribution in [0.2, 0.25) is 0 Å². The second-order valence-corrected chi connectivity index (χ2v) is 6.96. The summed E-state index contributed by atoms with van der Waals surface area (Å²) in [4.78, 5) is 10.9. The minimum atomic E-state index is 0.198. The van der Waals surface area contributed by atoms with Gasteiger partial charge in [-0.1, -0.05) is 69.8 Å². The number of hydrogen-bond acceptors (Lipinski definition) is 2. The molecule has 0 aliphatic rings. The Kier molecular flexibility index (Phi) is 7.08. The van der Waals surface area contributed by atoms with Crippen LogP contribution in [0.1, 0.15) is 69.6 Å². The summed E-state index contributed by atoms with van der Waals surface area (Å²) in [6, 6.07) is 6.61. The number of hydrogen-bond donors (Lipinski definition) is 0. The molecule has 0 fully saturated rings. The summed E-state index contributed by atoms with van der Waals surface area (Å²) in [7, 11) is 0. The lowest BCUT2D eigenvalue weighted by Crippen LogP contribution is -1.99. The Morgan fingerprint density at radius 2 is 1.70 bits per heavy atom. The van der Waals surface area contributed by atoms with Crippen LogP contribution in [0, 0.1) is 0 Å². The fourth-order valence-electron chi connectivity index (χ4n) is 2.27. The molecule has 0 atom stereocenters. The fourth-order valence-corrected chi connectivity index (χ4v) is 2.81. The Morgan fingerprint density at radius 3 is 2.15 bits per heavy atom. The van der Waals surface area contributed by atoms with E-state index in [-0.39, 0.29) is 5.12 Å². The van der Waals surface area contributed by atoms with Gasteiger partial charge in [0.1, 0.15) is 0 Å². The molecule has 0 aliphatic heterocycles. The largest absolute Gasteiger partial charge is 0.288 e. The number of benzene rings is 1. The van der Waals surface area contributed by atoms with Gasteiger partial charge in [-0.3, -0.25) is 4.79 Å². The molecule has 0 saturated heterocycles. The van der Waals surface area contributed by atoms with Gasteiger partial charge in [0, 0.05) is 12.7 Å². The van der Waals surface area contributed by atoms with Gasteiger partial charge < -0.3 is 0 Å². The Hall–Kier alpha value is -1.02. The van der Waals surface area contributed by atoms with Crippen LogP contribution in [0.3, 0.4) is 0 Å². The van der Waals surface area contributed by atoms with Crippen molar-refractivity contribution in [1.29, 1.82) is 0 Å². The lowest BCUT2D eigenvalue weighted by molar-refractivity contribution is -0.109. The van der Waals surface area contributed by atoms with Crippen molar-refractivity contribution < 1.29 is 4.79 Å². The van der Waals surface area contributed by atoms with Gasteiger partial charge in [-0.2, -0.15) is 0 Å². The maximum absolute atomic E-state index is 10.9. The van der Waals surface area contributed by atoms with Gasteiger partial charge in [0.05, 0.1) is 0 Å². The van der Waals surface area contributed by atoms with E-state index in [9.17, 15) is 4.79 Å². The van der Waals surface area contributed by atoms with Crippen molar-refractivity contribution in [3.8, 4) is 0 Å². The third-order valence-electron chi connectivity index (χ3n) is 3.29. The second kappa shape index (κ2) is 8.31. The molecule has 0 N–H and O–H groups in total. The van der Waals surface area contributed by atoms with Crippen LogP contribution in [-0.2, 0) is 4.79 Å². The van der Waals surface area contributed by atoms with E-state index in [2.05, 4.69) is 58.0 Å². The summed E-state index contributed by atoms with van der Waals surface area (Å²) in [5, 5.41) is 0.198. The van der Waals surface area contributed by atoms with Crippen LogP contribution in [0.4, 0.5) is 0 Å². The van der Waals surface area contributed by atoms with Crippen molar-refractivity contribution in [2.45, 2.75) is 52.9 Å². The Morgan fingerprint density at radius 1 is 1.15 bits per heavy atom. The average Bonchev–Trinajstić information content (AvgIpc) is 2.37. The first kappa shape index (κ1) is 17.0. The minimum absolute atomic E-state index is 0.198. The molecule has 1 rings (SSSR count). The molecule has 0 unspecified atom stereocenters. The summed E-state index contributed by atoms with van der Waals surface area (Å²) >= 11 is 1.40. The van der Waals surface area contributed by atoms with Crippen molar-refractivity contribution in [1.82, 2.24) is 0 Å². The van der Waals surface area contributed by atoms with Gasteiger partial charge in [-0.25, -0.2) is 0 Å². The van der Waals surface area contributed by atoms with Crippen molar-refractivity contribution >= 4 is 23.0 Å². The first-order valence-electron chi connectivity index (χ1n) is 7.36. The monoisotopic (exact) mass is 290 g/mol. The Labute approximate surface area is 127 Å². The number of allylic oxidation sites excluding steroid dienone is 1. The predicted octanol–water partition coefficient (Wildman–Crippen LogP) is 5.62. The van der Waals surface area contributed by atoms with E-state index in [1.54, 1.807) is 6.92 Å². The molecule has 2 heteroatoms. The third kappa shape index (κ3) is 5.16. The highest BCUT2D eigenvalue weighted by Gasteiger charge is 2.10. The molecule has 0 radical (unpaired) electrons. The first-order chi connectivity index (χ1) is 9.43. The van der Waals surface area contributed by atoms with Crippen molar-refractivity contribution in [2.75, 3.05) is 5.75 Å². The second-order valence-electron chi connectivity index (χ2n) is 5.69. The molecule has 0 aromatic heterocycles. The van der Waals surface area contributed by atoms with Gasteiger partial charge in [-0.05, 0) is 34.9 Å². The molecule has 0 amide bonds. The summed E-state index contributed by atoms with van der Waals surface area (Å²) in [6.07, 6.45) is 5.38. The predicted molar refractivity (Wildman–Crippen MR) is 91.4 cm³/mol.